The van der Waals surface area contributed by atoms with Crippen LogP contribution in [0.4, 0.5) is 0 Å². The second-order valence-corrected chi connectivity index (χ2v) is 5.83. The van der Waals surface area contributed by atoms with Gasteiger partial charge in [-0.3, -0.25) is 0 Å². The maximum atomic E-state index is 3.99. The van der Waals surface area contributed by atoms with Crippen molar-refractivity contribution in [2.24, 2.45) is 0 Å². The Kier molecular flexibility index (Phi) is 5.73. The molecule has 2 aromatic heterocycles. The molecule has 2 heterocycles. The minimum atomic E-state index is 0.564. The Morgan fingerprint density at radius 2 is 0.885 bits per heavy atom. The van der Waals surface area contributed by atoms with Crippen LogP contribution in [-0.4, -0.2) is 16.5 Å². The molecule has 0 amide bonds. The summed E-state index contributed by atoms with van der Waals surface area (Å²) in [5.74, 6) is 0. The third-order valence-corrected chi connectivity index (χ3v) is 4.74. The first-order valence-corrected chi connectivity index (χ1v) is 8.41. The van der Waals surface area contributed by atoms with Crippen molar-refractivity contribution in [1.82, 2.24) is 8.96 Å². The lowest BCUT2D eigenvalue weighted by atomic mass is 10.1. The summed E-state index contributed by atoms with van der Waals surface area (Å²) in [6.45, 7) is 29.9. The Hall–Kier alpha value is -3.20. The first-order valence-electron chi connectivity index (χ1n) is 8.41. The average molecular weight is 340 g/mol. The molecule has 0 saturated heterocycles. The molecule has 0 unspecified atom stereocenters. The highest BCUT2D eigenvalue weighted by atomic mass is 15.1. The largest absolute Gasteiger partial charge is 0.368 e. The highest BCUT2D eigenvalue weighted by Crippen LogP contribution is 2.29. The molecule has 26 heavy (non-hydrogen) atoms. The molecule has 0 N–H and O–H groups in total. The topological polar surface area (TPSA) is 9.86 Å². The van der Waals surface area contributed by atoms with Gasteiger partial charge in [0.05, 0.1) is 0 Å². The van der Waals surface area contributed by atoms with E-state index in [1.54, 1.807) is 0 Å². The molecule has 0 atom stereocenters. The van der Waals surface area contributed by atoms with Gasteiger partial charge in [-0.2, -0.15) is 0 Å². The second-order valence-electron chi connectivity index (χ2n) is 5.83. The van der Waals surface area contributed by atoms with Crippen LogP contribution in [0.25, 0.3) is 42.5 Å². The van der Waals surface area contributed by atoms with Crippen molar-refractivity contribution in [3.8, 4) is 0 Å². The van der Waals surface area contributed by atoms with E-state index in [2.05, 4.69) is 61.9 Å². The fraction of sp³-hybridized carbons (Fsp3) is 0.0435. The van der Waals surface area contributed by atoms with Crippen LogP contribution < -0.4 is 0 Å². The van der Waals surface area contributed by atoms with Gasteiger partial charge in [-0.05, 0) is 36.8 Å². The molecular formula is C23H25BN2. The van der Waals surface area contributed by atoms with E-state index in [1.807, 2.05) is 42.5 Å². The van der Waals surface area contributed by atoms with E-state index in [1.165, 1.54) is 0 Å². The van der Waals surface area contributed by atoms with Gasteiger partial charge in [0.25, 0.3) is 0 Å². The second kappa shape index (κ2) is 7.79. The molecule has 0 aliphatic heterocycles. The molecule has 0 radical (unpaired) electrons. The van der Waals surface area contributed by atoms with E-state index in [9.17, 15) is 0 Å². The van der Waals surface area contributed by atoms with Crippen LogP contribution >= 0.6 is 0 Å². The highest BCUT2D eigenvalue weighted by molar-refractivity contribution is 6.34. The number of rotatable bonds is 9. The summed E-state index contributed by atoms with van der Waals surface area (Å²) in [6.07, 6.45) is 12.9. The number of hydrogen-bond donors (Lipinski definition) is 0. The van der Waals surface area contributed by atoms with Crippen LogP contribution in [0.5, 0.6) is 0 Å². The van der Waals surface area contributed by atoms with Crippen molar-refractivity contribution in [2.75, 3.05) is 0 Å². The van der Waals surface area contributed by atoms with Crippen LogP contribution in [0, 0.1) is 6.92 Å². The van der Waals surface area contributed by atoms with E-state index in [-0.39, 0.29) is 0 Å². The number of nitrogens with zero attached hydrogens (tertiary/aromatic N) is 2. The fourth-order valence-electron chi connectivity index (χ4n) is 3.56. The van der Waals surface area contributed by atoms with Crippen molar-refractivity contribution in [3.63, 3.8) is 0 Å². The molecule has 0 saturated carbocycles. The smallest absolute Gasteiger partial charge is 0.366 e. The maximum absolute atomic E-state index is 3.99. The standard InChI is InChI=1S/C23H25BN2/c1-9-17-16(8)20(12-4)25(21(17)13-5)24-26-22(14-6)18(10-2)19(11-3)23(26)15-7/h9-15,24H,1-7H2,8H3. The van der Waals surface area contributed by atoms with E-state index >= 15 is 0 Å². The van der Waals surface area contributed by atoms with E-state index < -0.39 is 0 Å². The van der Waals surface area contributed by atoms with Gasteiger partial charge in [-0.1, -0.05) is 64.3 Å². The molecule has 0 bridgehead atoms. The summed E-state index contributed by atoms with van der Waals surface area (Å²) < 4.78 is 4.33. The first-order chi connectivity index (χ1) is 12.5. The molecular weight excluding hydrogens is 315 g/mol. The average Bonchev–Trinajstić information content (AvgIpc) is 3.10. The summed E-state index contributed by atoms with van der Waals surface area (Å²) in [6, 6.07) is 0. The summed E-state index contributed by atoms with van der Waals surface area (Å²) in [5.41, 5.74) is 8.18. The van der Waals surface area contributed by atoms with Gasteiger partial charge in [0.2, 0.25) is 0 Å². The lowest BCUT2D eigenvalue weighted by molar-refractivity contribution is 1.07. The van der Waals surface area contributed by atoms with Crippen LogP contribution in [0.3, 0.4) is 0 Å². The quantitative estimate of drug-likeness (QED) is 0.514. The summed E-state index contributed by atoms with van der Waals surface area (Å²) in [5, 5.41) is 0. The first kappa shape index (κ1) is 19.1. The minimum absolute atomic E-state index is 0.564. The third kappa shape index (κ3) is 2.72. The Bertz CT molecular complexity index is 910. The molecule has 0 aliphatic rings. The van der Waals surface area contributed by atoms with E-state index in [0.29, 0.717) is 7.55 Å². The Morgan fingerprint density at radius 1 is 0.538 bits per heavy atom. The van der Waals surface area contributed by atoms with E-state index in [0.717, 1.165) is 45.0 Å². The van der Waals surface area contributed by atoms with E-state index in [4.69, 9.17) is 0 Å². The van der Waals surface area contributed by atoms with Gasteiger partial charge in [0.1, 0.15) is 0 Å². The molecule has 0 fully saturated rings. The van der Waals surface area contributed by atoms with Crippen molar-refractivity contribution in [2.45, 2.75) is 6.92 Å². The zero-order valence-corrected chi connectivity index (χ0v) is 15.6. The van der Waals surface area contributed by atoms with Crippen molar-refractivity contribution in [3.05, 3.63) is 91.1 Å². The predicted molar refractivity (Wildman–Crippen MR) is 122 cm³/mol. The lowest BCUT2D eigenvalue weighted by Gasteiger charge is -2.14. The highest BCUT2D eigenvalue weighted by Gasteiger charge is 2.21. The van der Waals surface area contributed by atoms with Gasteiger partial charge in [-0.25, -0.2) is 0 Å². The number of aromatic nitrogens is 2. The van der Waals surface area contributed by atoms with Gasteiger partial charge in [0.15, 0.2) is 0 Å². The maximum Gasteiger partial charge on any atom is 0.366 e. The summed E-state index contributed by atoms with van der Waals surface area (Å²) in [7, 11) is 0.564. The molecule has 0 aromatic carbocycles. The lowest BCUT2D eigenvalue weighted by Crippen LogP contribution is -2.21. The Morgan fingerprint density at radius 3 is 1.23 bits per heavy atom. The molecule has 2 aromatic rings. The Balaban J connectivity index is 2.85. The van der Waals surface area contributed by atoms with Gasteiger partial charge >= 0.3 is 7.55 Å². The Labute approximate surface area is 157 Å². The molecule has 3 heteroatoms. The molecule has 2 rings (SSSR count). The minimum Gasteiger partial charge on any atom is -0.368 e. The zero-order valence-electron chi connectivity index (χ0n) is 15.6. The summed E-state index contributed by atoms with van der Waals surface area (Å²) >= 11 is 0. The number of hydrogen-bond acceptors (Lipinski definition) is 0. The van der Waals surface area contributed by atoms with Gasteiger partial charge in [-0.15, -0.1) is 0 Å². The normalized spacial score (nSPS) is 10.0. The SMILES string of the molecule is C=Cc1c(C)c(C=C)n(Bn2c(C=C)c(C=C)c(C=C)c2C=C)c1C=C. The van der Waals surface area contributed by atoms with Gasteiger partial charge in [0, 0.05) is 39.5 Å². The van der Waals surface area contributed by atoms with Crippen LogP contribution in [0.15, 0.2) is 46.1 Å². The fourth-order valence-corrected chi connectivity index (χ4v) is 3.56. The van der Waals surface area contributed by atoms with Gasteiger partial charge < -0.3 is 8.96 Å². The molecule has 130 valence electrons. The predicted octanol–water partition coefficient (Wildman–Crippen LogP) is 5.76. The third-order valence-electron chi connectivity index (χ3n) is 4.74. The monoisotopic (exact) mass is 340 g/mol. The van der Waals surface area contributed by atoms with Crippen molar-refractivity contribution >= 4 is 50.1 Å². The molecule has 2 nitrogen and oxygen atoms in total. The summed E-state index contributed by atoms with van der Waals surface area (Å²) in [4.78, 5) is 0. The van der Waals surface area contributed by atoms with Crippen molar-refractivity contribution in [1.29, 1.82) is 0 Å². The molecule has 0 spiro atoms. The van der Waals surface area contributed by atoms with Crippen LogP contribution in [0.2, 0.25) is 0 Å². The molecule has 0 aliphatic carbocycles. The zero-order chi connectivity index (χ0) is 19.4. The van der Waals surface area contributed by atoms with Crippen LogP contribution in [-0.2, 0) is 0 Å². The van der Waals surface area contributed by atoms with Crippen LogP contribution in [0.1, 0.15) is 45.0 Å². The van der Waals surface area contributed by atoms with Crippen molar-refractivity contribution < 1.29 is 0 Å².